The molecule has 0 spiro atoms. The molecule has 2 heterocycles. The number of carbonyl (C=O) groups is 1. The number of aryl methyl sites for hydroxylation is 1. The van der Waals surface area contributed by atoms with Crippen molar-refractivity contribution in [1.82, 2.24) is 14.9 Å². The first kappa shape index (κ1) is 22.6. The summed E-state index contributed by atoms with van der Waals surface area (Å²) >= 11 is 0. The molecule has 1 aromatic heterocycles. The molecular weight excluding hydrogens is 416 g/mol. The topological polar surface area (TPSA) is 67.8 Å². The Morgan fingerprint density at radius 2 is 1.76 bits per heavy atom. The van der Waals surface area contributed by atoms with E-state index in [0.29, 0.717) is 38.3 Å². The number of benzene rings is 2. The first-order valence-electron chi connectivity index (χ1n) is 11.4. The van der Waals surface area contributed by atoms with Gasteiger partial charge in [-0.1, -0.05) is 36.4 Å². The van der Waals surface area contributed by atoms with Crippen molar-refractivity contribution in [3.8, 4) is 22.8 Å². The maximum Gasteiger partial charge on any atom is 0.223 e. The Morgan fingerprint density at radius 1 is 0.970 bits per heavy atom. The number of hydrogen-bond acceptors (Lipinski definition) is 6. The summed E-state index contributed by atoms with van der Waals surface area (Å²) in [5.74, 6) is 2.51. The molecule has 0 bridgehead atoms. The van der Waals surface area contributed by atoms with Crippen LogP contribution in [0.1, 0.15) is 18.9 Å². The summed E-state index contributed by atoms with van der Waals surface area (Å²) in [6, 6.07) is 18.0. The van der Waals surface area contributed by atoms with Gasteiger partial charge in [-0.3, -0.25) is 4.79 Å². The lowest BCUT2D eigenvalue weighted by Crippen LogP contribution is -2.49. The number of methoxy groups -OCH3 is 1. The van der Waals surface area contributed by atoms with Gasteiger partial charge in [-0.15, -0.1) is 0 Å². The molecule has 0 radical (unpaired) electrons. The van der Waals surface area contributed by atoms with Gasteiger partial charge >= 0.3 is 0 Å². The molecule has 1 fully saturated rings. The molecule has 4 rings (SSSR count). The van der Waals surface area contributed by atoms with Crippen LogP contribution in [0.15, 0.2) is 60.9 Å². The molecule has 1 aliphatic rings. The number of amides is 1. The zero-order chi connectivity index (χ0) is 23.0. The van der Waals surface area contributed by atoms with Crippen molar-refractivity contribution in [2.24, 2.45) is 0 Å². The predicted molar refractivity (Wildman–Crippen MR) is 129 cm³/mol. The van der Waals surface area contributed by atoms with E-state index >= 15 is 0 Å². The van der Waals surface area contributed by atoms with Crippen molar-refractivity contribution in [3.63, 3.8) is 0 Å². The van der Waals surface area contributed by atoms with Gasteiger partial charge in [0.1, 0.15) is 12.1 Å². The molecule has 1 aliphatic heterocycles. The fraction of sp³-hybridized carbons (Fsp3) is 0.346. The highest BCUT2D eigenvalue weighted by atomic mass is 16.5. The maximum absolute atomic E-state index is 12.8. The summed E-state index contributed by atoms with van der Waals surface area (Å²) in [5.41, 5.74) is 3.04. The van der Waals surface area contributed by atoms with Crippen LogP contribution in [0.5, 0.6) is 11.5 Å². The Morgan fingerprint density at radius 3 is 2.48 bits per heavy atom. The van der Waals surface area contributed by atoms with E-state index in [1.54, 1.807) is 13.4 Å². The zero-order valence-electron chi connectivity index (χ0n) is 19.2. The average Bonchev–Trinajstić information content (AvgIpc) is 2.88. The number of nitrogens with zero attached hydrogens (tertiary/aromatic N) is 4. The highest BCUT2D eigenvalue weighted by Crippen LogP contribution is 2.28. The van der Waals surface area contributed by atoms with E-state index in [1.807, 2.05) is 66.4 Å². The third-order valence-corrected chi connectivity index (χ3v) is 5.83. The van der Waals surface area contributed by atoms with Crippen LogP contribution in [0.2, 0.25) is 0 Å². The minimum absolute atomic E-state index is 0.176. The van der Waals surface area contributed by atoms with Gasteiger partial charge in [0.25, 0.3) is 0 Å². The van der Waals surface area contributed by atoms with E-state index in [9.17, 15) is 4.79 Å². The van der Waals surface area contributed by atoms with Gasteiger partial charge < -0.3 is 19.3 Å². The Labute approximate surface area is 195 Å². The second-order valence-corrected chi connectivity index (χ2v) is 7.91. The molecular formula is C26H30N4O3. The van der Waals surface area contributed by atoms with E-state index in [2.05, 4.69) is 14.9 Å². The molecule has 0 N–H and O–H groups in total. The number of aromatic nitrogens is 2. The molecule has 0 saturated carbocycles. The fourth-order valence-corrected chi connectivity index (χ4v) is 4.02. The molecule has 0 aliphatic carbocycles. The Balaban J connectivity index is 1.31. The second-order valence-electron chi connectivity index (χ2n) is 7.91. The van der Waals surface area contributed by atoms with Crippen molar-refractivity contribution >= 4 is 11.7 Å². The van der Waals surface area contributed by atoms with E-state index in [-0.39, 0.29) is 5.91 Å². The van der Waals surface area contributed by atoms with Gasteiger partial charge in [-0.25, -0.2) is 9.97 Å². The van der Waals surface area contributed by atoms with Crippen LogP contribution in [0, 0.1) is 0 Å². The van der Waals surface area contributed by atoms with Crippen molar-refractivity contribution in [2.75, 3.05) is 44.8 Å². The number of hydrogen-bond donors (Lipinski definition) is 0. The van der Waals surface area contributed by atoms with Crippen LogP contribution in [0.25, 0.3) is 11.3 Å². The van der Waals surface area contributed by atoms with E-state index in [1.165, 1.54) is 0 Å². The molecule has 2 aromatic carbocycles. The molecule has 0 atom stereocenters. The number of rotatable bonds is 8. The standard InChI is InChI=1S/C26H30N4O3/c1-3-33-23-11-9-20(17-24(23)32-2)10-12-26(31)30-15-13-29(14-16-30)25-18-22(27-19-28-25)21-7-5-4-6-8-21/h4-9,11,17-19H,3,10,12-16H2,1-2H3. The summed E-state index contributed by atoms with van der Waals surface area (Å²) in [5, 5.41) is 0. The van der Waals surface area contributed by atoms with Crippen molar-refractivity contribution in [3.05, 3.63) is 66.5 Å². The summed E-state index contributed by atoms with van der Waals surface area (Å²) in [7, 11) is 1.63. The van der Waals surface area contributed by atoms with Crippen molar-refractivity contribution in [1.29, 1.82) is 0 Å². The van der Waals surface area contributed by atoms with Crippen LogP contribution in [0.3, 0.4) is 0 Å². The smallest absolute Gasteiger partial charge is 0.223 e. The Bertz CT molecular complexity index is 1070. The number of anilines is 1. The van der Waals surface area contributed by atoms with E-state index in [4.69, 9.17) is 9.47 Å². The molecule has 0 unspecified atom stereocenters. The largest absolute Gasteiger partial charge is 0.493 e. The molecule has 1 saturated heterocycles. The Kier molecular flexibility index (Phi) is 7.40. The van der Waals surface area contributed by atoms with Crippen LogP contribution >= 0.6 is 0 Å². The lowest BCUT2D eigenvalue weighted by atomic mass is 10.1. The van der Waals surface area contributed by atoms with Crippen LogP contribution in [-0.2, 0) is 11.2 Å². The van der Waals surface area contributed by atoms with Gasteiger partial charge in [-0.05, 0) is 31.0 Å². The summed E-state index contributed by atoms with van der Waals surface area (Å²) in [6.07, 6.45) is 2.76. The lowest BCUT2D eigenvalue weighted by molar-refractivity contribution is -0.131. The molecule has 172 valence electrons. The van der Waals surface area contributed by atoms with E-state index < -0.39 is 0 Å². The van der Waals surface area contributed by atoms with Crippen LogP contribution in [0.4, 0.5) is 5.82 Å². The fourth-order valence-electron chi connectivity index (χ4n) is 4.02. The first-order valence-corrected chi connectivity index (χ1v) is 11.4. The van der Waals surface area contributed by atoms with Gasteiger partial charge in [-0.2, -0.15) is 0 Å². The third kappa shape index (κ3) is 5.61. The minimum atomic E-state index is 0.176. The first-order chi connectivity index (χ1) is 16.2. The molecule has 3 aromatic rings. The van der Waals surface area contributed by atoms with Gasteiger partial charge in [0, 0.05) is 44.2 Å². The molecule has 1 amide bonds. The monoisotopic (exact) mass is 446 g/mol. The highest BCUT2D eigenvalue weighted by Gasteiger charge is 2.22. The minimum Gasteiger partial charge on any atom is -0.493 e. The summed E-state index contributed by atoms with van der Waals surface area (Å²) < 4.78 is 11.0. The predicted octanol–water partition coefficient (Wildman–Crippen LogP) is 3.83. The SMILES string of the molecule is CCOc1ccc(CCC(=O)N2CCN(c3cc(-c4ccccc4)ncn3)CC2)cc1OC. The van der Waals surface area contributed by atoms with Crippen molar-refractivity contribution < 1.29 is 14.3 Å². The van der Waals surface area contributed by atoms with Crippen LogP contribution in [-0.4, -0.2) is 60.7 Å². The summed E-state index contributed by atoms with van der Waals surface area (Å²) in [4.78, 5) is 25.8. The average molecular weight is 447 g/mol. The molecule has 33 heavy (non-hydrogen) atoms. The van der Waals surface area contributed by atoms with Crippen molar-refractivity contribution in [2.45, 2.75) is 19.8 Å². The van der Waals surface area contributed by atoms with Gasteiger partial charge in [0.2, 0.25) is 5.91 Å². The summed E-state index contributed by atoms with van der Waals surface area (Å²) in [6.45, 7) is 5.43. The number of piperazine rings is 1. The molecule has 7 heteroatoms. The quantitative estimate of drug-likeness (QED) is 0.524. The number of carbonyl (C=O) groups excluding carboxylic acids is 1. The van der Waals surface area contributed by atoms with E-state index in [0.717, 1.165) is 41.5 Å². The number of ether oxygens (including phenoxy) is 2. The second kappa shape index (κ2) is 10.8. The maximum atomic E-state index is 12.8. The van der Waals surface area contributed by atoms with Gasteiger partial charge in [0.15, 0.2) is 11.5 Å². The Hall–Kier alpha value is -3.61. The normalized spacial score (nSPS) is 13.6. The zero-order valence-corrected chi connectivity index (χ0v) is 19.2. The van der Waals surface area contributed by atoms with Gasteiger partial charge in [0.05, 0.1) is 19.4 Å². The highest BCUT2D eigenvalue weighted by molar-refractivity contribution is 5.77. The molecule has 7 nitrogen and oxygen atoms in total. The third-order valence-electron chi connectivity index (χ3n) is 5.83. The van der Waals surface area contributed by atoms with Crippen LogP contribution < -0.4 is 14.4 Å². The lowest BCUT2D eigenvalue weighted by Gasteiger charge is -2.35.